The topological polar surface area (TPSA) is 70.9 Å². The van der Waals surface area contributed by atoms with Gasteiger partial charge in [-0.2, -0.15) is 11.3 Å². The van der Waals surface area contributed by atoms with Crippen molar-refractivity contribution in [2.45, 2.75) is 13.5 Å². The van der Waals surface area contributed by atoms with Crippen LogP contribution in [0.4, 0.5) is 5.69 Å². The van der Waals surface area contributed by atoms with E-state index in [0.29, 0.717) is 17.8 Å². The first-order chi connectivity index (χ1) is 9.65. The standard InChI is InChI=1S/C15H15N3OS/c1-9-7-20-8-10(9)5-18-15(19)13-6-17-14-4-11(16)2-3-12(13)14/h2-4,6-8,17H,5,16H2,1H3,(H,18,19). The van der Waals surface area contributed by atoms with Crippen molar-refractivity contribution in [2.24, 2.45) is 0 Å². The molecule has 0 bridgehead atoms. The van der Waals surface area contributed by atoms with Crippen LogP contribution >= 0.6 is 11.3 Å². The van der Waals surface area contributed by atoms with Crippen LogP contribution in [0.1, 0.15) is 21.5 Å². The van der Waals surface area contributed by atoms with Gasteiger partial charge < -0.3 is 16.0 Å². The smallest absolute Gasteiger partial charge is 0.253 e. The van der Waals surface area contributed by atoms with Crippen molar-refractivity contribution < 1.29 is 4.79 Å². The Bertz CT molecular complexity index is 772. The number of aromatic amines is 1. The van der Waals surface area contributed by atoms with E-state index in [1.165, 1.54) is 5.56 Å². The lowest BCUT2D eigenvalue weighted by Gasteiger charge is -2.04. The Morgan fingerprint density at radius 2 is 2.25 bits per heavy atom. The molecule has 3 aromatic rings. The van der Waals surface area contributed by atoms with Crippen molar-refractivity contribution in [3.8, 4) is 0 Å². The third-order valence-corrected chi connectivity index (χ3v) is 4.26. The van der Waals surface area contributed by atoms with E-state index < -0.39 is 0 Å². The number of amides is 1. The second-order valence-corrected chi connectivity index (χ2v) is 5.51. The maximum Gasteiger partial charge on any atom is 0.253 e. The van der Waals surface area contributed by atoms with Gasteiger partial charge in [0.2, 0.25) is 0 Å². The molecule has 4 nitrogen and oxygen atoms in total. The first kappa shape index (κ1) is 12.7. The second kappa shape index (κ2) is 5.02. The zero-order chi connectivity index (χ0) is 14.1. The lowest BCUT2D eigenvalue weighted by molar-refractivity contribution is 0.0952. The molecule has 0 radical (unpaired) electrons. The molecule has 5 heteroatoms. The fourth-order valence-corrected chi connectivity index (χ4v) is 3.03. The average molecular weight is 285 g/mol. The molecule has 102 valence electrons. The van der Waals surface area contributed by atoms with E-state index in [-0.39, 0.29) is 5.91 Å². The van der Waals surface area contributed by atoms with Crippen LogP contribution in [0.3, 0.4) is 0 Å². The number of aromatic nitrogens is 1. The zero-order valence-corrected chi connectivity index (χ0v) is 11.9. The first-order valence-corrected chi connectivity index (χ1v) is 7.26. The van der Waals surface area contributed by atoms with Gasteiger partial charge in [-0.25, -0.2) is 0 Å². The molecule has 1 amide bonds. The summed E-state index contributed by atoms with van der Waals surface area (Å²) in [6.45, 7) is 2.60. The summed E-state index contributed by atoms with van der Waals surface area (Å²) < 4.78 is 0. The van der Waals surface area contributed by atoms with Crippen molar-refractivity contribution in [3.63, 3.8) is 0 Å². The number of nitrogens with one attached hydrogen (secondary N) is 2. The minimum absolute atomic E-state index is 0.0772. The molecule has 4 N–H and O–H groups in total. The van der Waals surface area contributed by atoms with E-state index in [0.717, 1.165) is 16.5 Å². The number of aryl methyl sites for hydroxylation is 1. The van der Waals surface area contributed by atoms with Gasteiger partial charge in [-0.1, -0.05) is 0 Å². The van der Waals surface area contributed by atoms with Crippen LogP contribution in [-0.4, -0.2) is 10.9 Å². The number of carbonyl (C=O) groups excluding carboxylic acids is 1. The molecule has 0 saturated heterocycles. The van der Waals surface area contributed by atoms with Crippen molar-refractivity contribution in [2.75, 3.05) is 5.73 Å². The van der Waals surface area contributed by atoms with E-state index in [9.17, 15) is 4.79 Å². The number of fused-ring (bicyclic) bond motifs is 1. The highest BCUT2D eigenvalue weighted by Gasteiger charge is 2.12. The SMILES string of the molecule is Cc1cscc1CNC(=O)c1c[nH]c2cc(N)ccc12. The van der Waals surface area contributed by atoms with E-state index in [1.807, 2.05) is 19.1 Å². The van der Waals surface area contributed by atoms with Gasteiger partial charge in [0.05, 0.1) is 5.56 Å². The molecule has 2 aromatic heterocycles. The number of H-pyrrole nitrogens is 1. The molecule has 0 aliphatic heterocycles. The Kier molecular flexibility index (Phi) is 3.20. The number of rotatable bonds is 3. The summed E-state index contributed by atoms with van der Waals surface area (Å²) in [7, 11) is 0. The molecule has 3 rings (SSSR count). The Morgan fingerprint density at radius 3 is 3.00 bits per heavy atom. The van der Waals surface area contributed by atoms with E-state index in [1.54, 1.807) is 23.6 Å². The minimum Gasteiger partial charge on any atom is -0.399 e. The predicted octanol–water partition coefficient (Wildman–Crippen LogP) is 3.05. The number of anilines is 1. The van der Waals surface area contributed by atoms with Gasteiger partial charge in [-0.15, -0.1) is 0 Å². The predicted molar refractivity (Wildman–Crippen MR) is 82.9 cm³/mol. The highest BCUT2D eigenvalue weighted by molar-refractivity contribution is 7.08. The molecule has 0 fully saturated rings. The number of nitrogen functional groups attached to an aromatic ring is 1. The maximum atomic E-state index is 12.3. The number of carbonyl (C=O) groups is 1. The largest absolute Gasteiger partial charge is 0.399 e. The van der Waals surface area contributed by atoms with Gasteiger partial charge in [0.1, 0.15) is 0 Å². The van der Waals surface area contributed by atoms with Gasteiger partial charge >= 0.3 is 0 Å². The van der Waals surface area contributed by atoms with Crippen molar-refractivity contribution in [1.82, 2.24) is 10.3 Å². The molecular weight excluding hydrogens is 270 g/mol. The molecule has 0 aliphatic rings. The molecule has 0 spiro atoms. The summed E-state index contributed by atoms with van der Waals surface area (Å²) in [4.78, 5) is 15.3. The molecule has 1 aromatic carbocycles. The number of nitrogens with two attached hydrogens (primary N) is 1. The van der Waals surface area contributed by atoms with Gasteiger partial charge in [-0.3, -0.25) is 4.79 Å². The number of benzene rings is 1. The molecule has 0 atom stereocenters. The quantitative estimate of drug-likeness (QED) is 0.647. The number of hydrogen-bond acceptors (Lipinski definition) is 3. The monoisotopic (exact) mass is 285 g/mol. The summed E-state index contributed by atoms with van der Waals surface area (Å²) in [5.41, 5.74) is 10.3. The van der Waals surface area contributed by atoms with Crippen LogP contribution in [0.15, 0.2) is 35.2 Å². The van der Waals surface area contributed by atoms with Crippen molar-refractivity contribution in [3.05, 3.63) is 51.8 Å². The van der Waals surface area contributed by atoms with Gasteiger partial charge in [-0.05, 0) is 47.0 Å². The highest BCUT2D eigenvalue weighted by Crippen LogP contribution is 2.21. The van der Waals surface area contributed by atoms with Gasteiger partial charge in [0, 0.05) is 29.3 Å². The fourth-order valence-electron chi connectivity index (χ4n) is 2.17. The number of thiophene rings is 1. The van der Waals surface area contributed by atoms with Crippen LogP contribution < -0.4 is 11.1 Å². The molecule has 20 heavy (non-hydrogen) atoms. The summed E-state index contributed by atoms with van der Waals surface area (Å²) in [6, 6.07) is 5.50. The Balaban J connectivity index is 1.81. The summed E-state index contributed by atoms with van der Waals surface area (Å²) in [5.74, 6) is -0.0772. The van der Waals surface area contributed by atoms with E-state index in [2.05, 4.69) is 21.1 Å². The normalized spacial score (nSPS) is 10.8. The molecule has 0 aliphatic carbocycles. The molecule has 2 heterocycles. The van der Waals surface area contributed by atoms with Crippen LogP contribution in [0.5, 0.6) is 0 Å². The van der Waals surface area contributed by atoms with Crippen LogP contribution in [0.2, 0.25) is 0 Å². The first-order valence-electron chi connectivity index (χ1n) is 6.31. The minimum atomic E-state index is -0.0772. The summed E-state index contributed by atoms with van der Waals surface area (Å²) >= 11 is 1.65. The zero-order valence-electron chi connectivity index (χ0n) is 11.1. The summed E-state index contributed by atoms with van der Waals surface area (Å²) in [6.07, 6.45) is 1.72. The molecular formula is C15H15N3OS. The van der Waals surface area contributed by atoms with Crippen LogP contribution in [-0.2, 0) is 6.54 Å². The highest BCUT2D eigenvalue weighted by atomic mass is 32.1. The Morgan fingerprint density at radius 1 is 1.40 bits per heavy atom. The number of hydrogen-bond donors (Lipinski definition) is 3. The van der Waals surface area contributed by atoms with E-state index in [4.69, 9.17) is 5.73 Å². The summed E-state index contributed by atoms with van der Waals surface area (Å²) in [5, 5.41) is 7.98. The van der Waals surface area contributed by atoms with Gasteiger partial charge in [0.15, 0.2) is 0 Å². The molecule has 0 saturated carbocycles. The van der Waals surface area contributed by atoms with E-state index >= 15 is 0 Å². The second-order valence-electron chi connectivity index (χ2n) is 4.77. The van der Waals surface area contributed by atoms with Crippen LogP contribution in [0.25, 0.3) is 10.9 Å². The maximum absolute atomic E-state index is 12.3. The third kappa shape index (κ3) is 2.28. The lowest BCUT2D eigenvalue weighted by Crippen LogP contribution is -2.22. The Hall–Kier alpha value is -2.27. The van der Waals surface area contributed by atoms with Crippen molar-refractivity contribution in [1.29, 1.82) is 0 Å². The van der Waals surface area contributed by atoms with Gasteiger partial charge in [0.25, 0.3) is 5.91 Å². The molecule has 0 unspecified atom stereocenters. The van der Waals surface area contributed by atoms with Crippen molar-refractivity contribution >= 4 is 33.8 Å². The average Bonchev–Trinajstić information content (AvgIpc) is 3.02. The van der Waals surface area contributed by atoms with Crippen LogP contribution in [0, 0.1) is 6.92 Å². The fraction of sp³-hybridized carbons (Fsp3) is 0.133. The Labute approximate surface area is 120 Å². The third-order valence-electron chi connectivity index (χ3n) is 3.35. The lowest BCUT2D eigenvalue weighted by atomic mass is 10.1.